The van der Waals surface area contributed by atoms with E-state index in [0.717, 1.165) is 0 Å². The molecular formula is C18H18N2O5S2. The summed E-state index contributed by atoms with van der Waals surface area (Å²) in [5.41, 5.74) is 1.28. The lowest BCUT2D eigenvalue weighted by molar-refractivity contribution is 0.403. The van der Waals surface area contributed by atoms with Crippen LogP contribution in [0.1, 0.15) is 0 Å². The first-order chi connectivity index (χ1) is 13.0. The first kappa shape index (κ1) is 19.0. The molecule has 0 saturated carbocycles. The molecule has 1 heterocycles. The summed E-state index contributed by atoms with van der Waals surface area (Å²) in [7, 11) is 0.712. The number of benzene rings is 2. The third kappa shape index (κ3) is 3.99. The van der Waals surface area contributed by atoms with Gasteiger partial charge in [-0.15, -0.1) is 11.3 Å². The molecule has 0 aliphatic rings. The maximum absolute atomic E-state index is 12.7. The smallest absolute Gasteiger partial charge is 0.267 e. The van der Waals surface area contributed by atoms with Crippen molar-refractivity contribution in [1.82, 2.24) is 4.98 Å². The van der Waals surface area contributed by atoms with E-state index in [4.69, 9.17) is 14.2 Å². The maximum Gasteiger partial charge on any atom is 0.267 e. The second-order valence-electron chi connectivity index (χ2n) is 5.36. The molecule has 2 aromatic carbocycles. The van der Waals surface area contributed by atoms with Crippen molar-refractivity contribution in [3.8, 4) is 28.5 Å². The van der Waals surface area contributed by atoms with E-state index in [-0.39, 0.29) is 15.8 Å². The van der Waals surface area contributed by atoms with Crippen LogP contribution in [0.5, 0.6) is 17.2 Å². The summed E-state index contributed by atoms with van der Waals surface area (Å²) < 4.78 is 43.6. The molecule has 0 amide bonds. The van der Waals surface area contributed by atoms with Gasteiger partial charge in [0.05, 0.1) is 27.0 Å². The quantitative estimate of drug-likeness (QED) is 0.645. The highest BCUT2D eigenvalue weighted by Crippen LogP contribution is 2.35. The van der Waals surface area contributed by atoms with E-state index in [1.54, 1.807) is 56.0 Å². The van der Waals surface area contributed by atoms with Crippen molar-refractivity contribution in [2.75, 3.05) is 26.1 Å². The molecule has 0 saturated heterocycles. The third-order valence-electron chi connectivity index (χ3n) is 3.77. The van der Waals surface area contributed by atoms with Gasteiger partial charge in [0.1, 0.15) is 22.1 Å². The van der Waals surface area contributed by atoms with E-state index in [1.807, 2.05) is 0 Å². The van der Waals surface area contributed by atoms with Gasteiger partial charge in [0.25, 0.3) is 10.0 Å². The molecule has 0 radical (unpaired) electrons. The monoisotopic (exact) mass is 406 g/mol. The summed E-state index contributed by atoms with van der Waals surface area (Å²) >= 11 is 1.17. The van der Waals surface area contributed by atoms with Crippen molar-refractivity contribution >= 4 is 26.5 Å². The van der Waals surface area contributed by atoms with Gasteiger partial charge in [-0.2, -0.15) is 0 Å². The molecule has 142 valence electrons. The summed E-state index contributed by atoms with van der Waals surface area (Å²) in [4.78, 5) is 4.43. The Hall–Kier alpha value is -2.78. The molecule has 9 heteroatoms. The standard InChI is InChI=1S/C18H18N2O5S2/c1-23-12-8-9-15(24-2)13(10-12)14-11-26-18(19-14)20-27(21,22)17-7-5-4-6-16(17)25-3/h4-11H,1-3H3,(H,19,20). The molecule has 0 bridgehead atoms. The molecule has 0 unspecified atom stereocenters. The number of anilines is 1. The number of hydrogen-bond acceptors (Lipinski definition) is 7. The molecule has 0 aliphatic carbocycles. The maximum atomic E-state index is 12.7. The predicted molar refractivity (Wildman–Crippen MR) is 104 cm³/mol. The zero-order valence-corrected chi connectivity index (χ0v) is 16.6. The average molecular weight is 406 g/mol. The molecule has 1 aromatic heterocycles. The van der Waals surface area contributed by atoms with E-state index in [1.165, 1.54) is 24.5 Å². The Balaban J connectivity index is 1.93. The zero-order chi connectivity index (χ0) is 19.4. The Bertz CT molecular complexity index is 1050. The van der Waals surface area contributed by atoms with Crippen LogP contribution in [0.4, 0.5) is 5.13 Å². The number of nitrogens with zero attached hydrogens (tertiary/aromatic N) is 1. The van der Waals surface area contributed by atoms with Crippen molar-refractivity contribution < 1.29 is 22.6 Å². The minimum atomic E-state index is -3.84. The summed E-state index contributed by atoms with van der Waals surface area (Å²) in [6.45, 7) is 0. The second-order valence-corrected chi connectivity index (χ2v) is 7.87. The minimum absolute atomic E-state index is 0.0446. The highest BCUT2D eigenvalue weighted by atomic mass is 32.2. The Labute approximate surface area is 161 Å². The van der Waals surface area contributed by atoms with E-state index in [2.05, 4.69) is 9.71 Å². The number of sulfonamides is 1. The fourth-order valence-electron chi connectivity index (χ4n) is 2.47. The molecule has 27 heavy (non-hydrogen) atoms. The van der Waals surface area contributed by atoms with Crippen molar-refractivity contribution in [3.05, 3.63) is 47.8 Å². The van der Waals surface area contributed by atoms with Crippen molar-refractivity contribution in [3.63, 3.8) is 0 Å². The van der Waals surface area contributed by atoms with Crippen LogP contribution in [0.25, 0.3) is 11.3 Å². The molecule has 0 aliphatic heterocycles. The molecular weight excluding hydrogens is 388 g/mol. The van der Waals surface area contributed by atoms with E-state index in [9.17, 15) is 8.42 Å². The number of aromatic nitrogens is 1. The van der Waals surface area contributed by atoms with Crippen LogP contribution in [0.3, 0.4) is 0 Å². The van der Waals surface area contributed by atoms with E-state index in [0.29, 0.717) is 22.8 Å². The van der Waals surface area contributed by atoms with Crippen molar-refractivity contribution in [1.29, 1.82) is 0 Å². The molecule has 0 spiro atoms. The second kappa shape index (κ2) is 7.85. The Morgan fingerprint density at radius 2 is 1.70 bits per heavy atom. The van der Waals surface area contributed by atoms with Gasteiger partial charge in [-0.05, 0) is 30.3 Å². The number of hydrogen-bond donors (Lipinski definition) is 1. The van der Waals surface area contributed by atoms with E-state index >= 15 is 0 Å². The number of thiazole rings is 1. The largest absolute Gasteiger partial charge is 0.497 e. The van der Waals surface area contributed by atoms with Gasteiger partial charge in [-0.25, -0.2) is 13.4 Å². The molecule has 7 nitrogen and oxygen atoms in total. The first-order valence-corrected chi connectivity index (χ1v) is 10.2. The Morgan fingerprint density at radius 1 is 0.963 bits per heavy atom. The van der Waals surface area contributed by atoms with Crippen LogP contribution in [0.15, 0.2) is 52.7 Å². The Kier molecular flexibility index (Phi) is 5.52. The van der Waals surface area contributed by atoms with Crippen LogP contribution in [0.2, 0.25) is 0 Å². The Morgan fingerprint density at radius 3 is 2.41 bits per heavy atom. The number of ether oxygens (including phenoxy) is 3. The predicted octanol–water partition coefficient (Wildman–Crippen LogP) is 3.64. The minimum Gasteiger partial charge on any atom is -0.497 e. The van der Waals surface area contributed by atoms with Crippen LogP contribution in [-0.4, -0.2) is 34.7 Å². The highest BCUT2D eigenvalue weighted by molar-refractivity contribution is 7.93. The molecule has 1 N–H and O–H groups in total. The molecule has 0 atom stereocenters. The molecule has 0 fully saturated rings. The third-order valence-corrected chi connectivity index (χ3v) is 6.03. The lowest BCUT2D eigenvalue weighted by Crippen LogP contribution is -2.13. The van der Waals surface area contributed by atoms with Crippen molar-refractivity contribution in [2.45, 2.75) is 4.90 Å². The van der Waals surface area contributed by atoms with Crippen LogP contribution in [-0.2, 0) is 10.0 Å². The highest BCUT2D eigenvalue weighted by Gasteiger charge is 2.21. The first-order valence-electron chi connectivity index (χ1n) is 7.82. The van der Waals surface area contributed by atoms with Crippen LogP contribution in [0, 0.1) is 0 Å². The fourth-order valence-corrected chi connectivity index (χ4v) is 4.60. The van der Waals surface area contributed by atoms with Gasteiger partial charge in [-0.1, -0.05) is 12.1 Å². The van der Waals surface area contributed by atoms with Crippen LogP contribution < -0.4 is 18.9 Å². The molecule has 3 rings (SSSR count). The van der Waals surface area contributed by atoms with Crippen molar-refractivity contribution in [2.24, 2.45) is 0 Å². The summed E-state index contributed by atoms with van der Waals surface area (Å²) in [6.07, 6.45) is 0. The van der Waals surface area contributed by atoms with Gasteiger partial charge in [0.2, 0.25) is 0 Å². The van der Waals surface area contributed by atoms with Gasteiger partial charge in [0.15, 0.2) is 5.13 Å². The number of methoxy groups -OCH3 is 3. The lowest BCUT2D eigenvalue weighted by atomic mass is 10.1. The van der Waals surface area contributed by atoms with Gasteiger partial charge >= 0.3 is 0 Å². The van der Waals surface area contributed by atoms with Crippen LogP contribution >= 0.6 is 11.3 Å². The number of rotatable bonds is 7. The van der Waals surface area contributed by atoms with Gasteiger partial charge in [-0.3, -0.25) is 4.72 Å². The average Bonchev–Trinajstić information content (AvgIpc) is 3.14. The summed E-state index contributed by atoms with van der Waals surface area (Å²) in [5.74, 6) is 1.52. The van der Waals surface area contributed by atoms with Gasteiger partial charge in [0, 0.05) is 10.9 Å². The number of nitrogens with one attached hydrogen (secondary N) is 1. The normalized spacial score (nSPS) is 11.1. The fraction of sp³-hybridized carbons (Fsp3) is 0.167. The molecule has 3 aromatic rings. The number of para-hydroxylation sites is 1. The SMILES string of the molecule is COc1ccc(OC)c(-c2csc(NS(=O)(=O)c3ccccc3OC)n2)c1. The topological polar surface area (TPSA) is 86.8 Å². The summed E-state index contributed by atoms with van der Waals surface area (Å²) in [5, 5.41) is 1.98. The van der Waals surface area contributed by atoms with E-state index < -0.39 is 10.0 Å². The zero-order valence-electron chi connectivity index (χ0n) is 14.9. The van der Waals surface area contributed by atoms with Gasteiger partial charge < -0.3 is 14.2 Å². The lowest BCUT2D eigenvalue weighted by Gasteiger charge is -2.10. The summed E-state index contributed by atoms with van der Waals surface area (Å²) in [6, 6.07) is 11.7.